The first-order valence-electron chi connectivity index (χ1n) is 9.28. The van der Waals surface area contributed by atoms with E-state index in [1.807, 2.05) is 25.1 Å². The van der Waals surface area contributed by atoms with Crippen molar-refractivity contribution in [3.8, 4) is 0 Å². The molecule has 0 saturated carbocycles. The molecule has 2 aliphatic heterocycles. The molecule has 2 aromatic rings. The second-order valence-corrected chi connectivity index (χ2v) is 9.17. The highest BCUT2D eigenvalue weighted by Gasteiger charge is 2.39. The lowest BCUT2D eigenvalue weighted by atomic mass is 10.00. The van der Waals surface area contributed by atoms with Gasteiger partial charge in [0.25, 0.3) is 0 Å². The maximum absolute atomic E-state index is 13.0. The second-order valence-electron chi connectivity index (χ2n) is 7.30. The number of aryl methyl sites for hydroxylation is 3. The van der Waals surface area contributed by atoms with E-state index in [-0.39, 0.29) is 23.6 Å². The van der Waals surface area contributed by atoms with E-state index in [1.54, 1.807) is 18.7 Å². The van der Waals surface area contributed by atoms with E-state index in [0.717, 1.165) is 16.8 Å². The average Bonchev–Trinajstić information content (AvgIpc) is 3.01. The van der Waals surface area contributed by atoms with Gasteiger partial charge in [0.05, 0.1) is 5.69 Å². The molecule has 0 N–H and O–H groups in total. The molecule has 0 unspecified atom stereocenters. The molecule has 2 aliphatic rings. The van der Waals surface area contributed by atoms with E-state index < -0.39 is 10.0 Å². The Morgan fingerprint density at radius 2 is 1.86 bits per heavy atom. The molecule has 0 radical (unpaired) electrons. The van der Waals surface area contributed by atoms with Gasteiger partial charge in [0, 0.05) is 24.7 Å². The summed E-state index contributed by atoms with van der Waals surface area (Å²) in [6, 6.07) is 5.77. The number of cyclic esters (lactones) is 1. The van der Waals surface area contributed by atoms with Crippen molar-refractivity contribution in [2.75, 3.05) is 18.0 Å². The zero-order valence-corrected chi connectivity index (χ0v) is 17.0. The van der Waals surface area contributed by atoms with Gasteiger partial charge in [-0.15, -0.1) is 0 Å². The van der Waals surface area contributed by atoms with Crippen LogP contribution in [0.25, 0.3) is 0 Å². The van der Waals surface area contributed by atoms with Crippen molar-refractivity contribution in [3.63, 3.8) is 0 Å². The van der Waals surface area contributed by atoms with Gasteiger partial charge >= 0.3 is 6.09 Å². The fraction of sp³-hybridized carbons (Fsp3) is 0.474. The Morgan fingerprint density at radius 3 is 2.50 bits per heavy atom. The monoisotopic (exact) mass is 405 g/mol. The minimum atomic E-state index is -3.67. The predicted octanol–water partition coefficient (Wildman–Crippen LogP) is 2.91. The minimum absolute atomic E-state index is 0.108. The maximum Gasteiger partial charge on any atom is 0.414 e. The first-order valence-corrected chi connectivity index (χ1v) is 10.7. The number of rotatable bonds is 3. The number of amides is 1. The Balaban J connectivity index is 1.56. The van der Waals surface area contributed by atoms with Gasteiger partial charge in [-0.2, -0.15) is 4.31 Å². The van der Waals surface area contributed by atoms with Gasteiger partial charge in [0.2, 0.25) is 10.0 Å². The van der Waals surface area contributed by atoms with Crippen LogP contribution in [0.2, 0.25) is 0 Å². The summed E-state index contributed by atoms with van der Waals surface area (Å²) < 4.78 is 37.8. The fourth-order valence-corrected chi connectivity index (χ4v) is 5.89. The van der Waals surface area contributed by atoms with Crippen molar-refractivity contribution in [2.24, 2.45) is 0 Å². The number of carbonyl (C=O) groups excluding carboxylic acids is 1. The van der Waals surface area contributed by atoms with Crippen LogP contribution >= 0.6 is 0 Å². The SMILES string of the molecule is Cc1cccc2c1N(C1CCN(S(=O)(=O)c3c(C)noc3C)CC1)C(=O)OC2. The maximum atomic E-state index is 13.0. The largest absolute Gasteiger partial charge is 0.444 e. The second kappa shape index (κ2) is 6.89. The number of para-hydroxylation sites is 1. The van der Waals surface area contributed by atoms with Gasteiger partial charge in [0.15, 0.2) is 5.76 Å². The number of hydrogen-bond acceptors (Lipinski definition) is 6. The van der Waals surface area contributed by atoms with Gasteiger partial charge in [-0.05, 0) is 39.2 Å². The molecule has 0 aliphatic carbocycles. The summed E-state index contributed by atoms with van der Waals surface area (Å²) in [6.07, 6.45) is 0.700. The Labute approximate surface area is 164 Å². The number of carbonyl (C=O) groups is 1. The van der Waals surface area contributed by atoms with Crippen LogP contribution in [0.4, 0.5) is 10.5 Å². The van der Waals surface area contributed by atoms with Crippen LogP contribution in [0.5, 0.6) is 0 Å². The van der Waals surface area contributed by atoms with Crippen molar-refractivity contribution < 1.29 is 22.5 Å². The number of aromatic nitrogens is 1. The summed E-state index contributed by atoms with van der Waals surface area (Å²) in [4.78, 5) is 14.4. The molecular weight excluding hydrogens is 382 g/mol. The fourth-order valence-electron chi connectivity index (χ4n) is 4.13. The highest BCUT2D eigenvalue weighted by Crippen LogP contribution is 2.35. The van der Waals surface area contributed by atoms with E-state index in [0.29, 0.717) is 37.4 Å². The molecule has 28 heavy (non-hydrogen) atoms. The van der Waals surface area contributed by atoms with E-state index in [9.17, 15) is 13.2 Å². The standard InChI is InChI=1S/C19H23N3O5S/c1-12-5-4-6-15-11-26-19(23)22(17(12)15)16-7-9-21(10-8-16)28(24,25)18-13(2)20-27-14(18)3/h4-6,16H,7-11H2,1-3H3. The van der Waals surface area contributed by atoms with Crippen molar-refractivity contribution in [2.45, 2.75) is 51.2 Å². The Kier molecular flexibility index (Phi) is 4.67. The molecule has 150 valence electrons. The molecule has 9 heteroatoms. The van der Waals surface area contributed by atoms with Crippen LogP contribution in [-0.4, -0.2) is 43.1 Å². The van der Waals surface area contributed by atoms with E-state index >= 15 is 0 Å². The number of fused-ring (bicyclic) bond motifs is 1. The van der Waals surface area contributed by atoms with Crippen LogP contribution in [0, 0.1) is 20.8 Å². The molecule has 1 amide bonds. The zero-order chi connectivity index (χ0) is 20.1. The summed E-state index contributed by atoms with van der Waals surface area (Å²) in [6.45, 7) is 6.11. The minimum Gasteiger partial charge on any atom is -0.444 e. The molecule has 4 rings (SSSR count). The first kappa shape index (κ1) is 18.9. The van der Waals surface area contributed by atoms with E-state index in [1.165, 1.54) is 4.31 Å². The van der Waals surface area contributed by atoms with Gasteiger partial charge in [-0.3, -0.25) is 4.90 Å². The number of ether oxygens (including phenoxy) is 1. The van der Waals surface area contributed by atoms with Crippen LogP contribution < -0.4 is 4.90 Å². The molecule has 0 bridgehead atoms. The number of sulfonamides is 1. The van der Waals surface area contributed by atoms with Gasteiger partial charge in [0.1, 0.15) is 17.2 Å². The van der Waals surface area contributed by atoms with Crippen LogP contribution in [-0.2, 0) is 21.4 Å². The normalized spacial score (nSPS) is 18.8. The highest BCUT2D eigenvalue weighted by atomic mass is 32.2. The first-order chi connectivity index (χ1) is 13.3. The molecule has 1 aromatic carbocycles. The number of piperidine rings is 1. The highest BCUT2D eigenvalue weighted by molar-refractivity contribution is 7.89. The van der Waals surface area contributed by atoms with Gasteiger partial charge < -0.3 is 9.26 Å². The molecule has 3 heterocycles. The van der Waals surface area contributed by atoms with Crippen molar-refractivity contribution in [3.05, 3.63) is 40.8 Å². The molecule has 1 fully saturated rings. The molecule has 1 saturated heterocycles. The lowest BCUT2D eigenvalue weighted by molar-refractivity contribution is 0.135. The van der Waals surface area contributed by atoms with E-state index in [2.05, 4.69) is 5.16 Å². The average molecular weight is 405 g/mol. The zero-order valence-electron chi connectivity index (χ0n) is 16.1. The molecule has 0 atom stereocenters. The Hall–Kier alpha value is -2.39. The Morgan fingerprint density at radius 1 is 1.14 bits per heavy atom. The number of hydrogen-bond donors (Lipinski definition) is 0. The summed E-state index contributed by atoms with van der Waals surface area (Å²) in [5, 5.41) is 3.76. The number of benzene rings is 1. The quantitative estimate of drug-likeness (QED) is 0.780. The van der Waals surface area contributed by atoms with Crippen LogP contribution in [0.3, 0.4) is 0 Å². The van der Waals surface area contributed by atoms with Gasteiger partial charge in [-0.25, -0.2) is 13.2 Å². The van der Waals surface area contributed by atoms with Gasteiger partial charge in [-0.1, -0.05) is 23.4 Å². The van der Waals surface area contributed by atoms with E-state index in [4.69, 9.17) is 9.26 Å². The smallest absolute Gasteiger partial charge is 0.414 e. The third kappa shape index (κ3) is 2.98. The summed E-state index contributed by atoms with van der Waals surface area (Å²) >= 11 is 0. The number of nitrogens with zero attached hydrogens (tertiary/aromatic N) is 3. The van der Waals surface area contributed by atoms with Crippen LogP contribution in [0.15, 0.2) is 27.6 Å². The summed E-state index contributed by atoms with van der Waals surface area (Å²) in [5.41, 5.74) is 3.25. The molecule has 1 aromatic heterocycles. The molecule has 0 spiro atoms. The summed E-state index contributed by atoms with van der Waals surface area (Å²) in [5.74, 6) is 0.295. The lowest BCUT2D eigenvalue weighted by Crippen LogP contribution is -2.50. The third-order valence-electron chi connectivity index (χ3n) is 5.46. The van der Waals surface area contributed by atoms with Crippen LogP contribution in [0.1, 0.15) is 35.4 Å². The molecule has 8 nitrogen and oxygen atoms in total. The topological polar surface area (TPSA) is 93.0 Å². The predicted molar refractivity (Wildman–Crippen MR) is 102 cm³/mol. The van der Waals surface area contributed by atoms with Crippen molar-refractivity contribution in [1.82, 2.24) is 9.46 Å². The number of anilines is 1. The van der Waals surface area contributed by atoms with Crippen molar-refractivity contribution >= 4 is 21.8 Å². The summed E-state index contributed by atoms with van der Waals surface area (Å²) in [7, 11) is -3.67. The molecular formula is C19H23N3O5S. The Bertz CT molecular complexity index is 1000. The lowest BCUT2D eigenvalue weighted by Gasteiger charge is -2.40. The third-order valence-corrected chi connectivity index (χ3v) is 7.61. The van der Waals surface area contributed by atoms with Crippen molar-refractivity contribution in [1.29, 1.82) is 0 Å².